The van der Waals surface area contributed by atoms with Gasteiger partial charge in [0.05, 0.1) is 11.0 Å². The lowest BCUT2D eigenvalue weighted by Crippen LogP contribution is -2.32. The van der Waals surface area contributed by atoms with Crippen molar-refractivity contribution >= 4 is 21.6 Å². The summed E-state index contributed by atoms with van der Waals surface area (Å²) in [6, 6.07) is 5.96. The van der Waals surface area contributed by atoms with E-state index < -0.39 is 9.84 Å². The number of urea groups is 1. The number of nitrogens with zero attached hydrogens (tertiary/aromatic N) is 1. The predicted molar refractivity (Wildman–Crippen MR) is 89.4 cm³/mol. The van der Waals surface area contributed by atoms with Gasteiger partial charge < -0.3 is 15.0 Å². The second-order valence-electron chi connectivity index (χ2n) is 5.93. The summed E-state index contributed by atoms with van der Waals surface area (Å²) in [6.45, 7) is 1.51. The number of carbonyl (C=O) groups is 1. The largest absolute Gasteiger partial charge is 0.378 e. The van der Waals surface area contributed by atoms with Gasteiger partial charge in [0.25, 0.3) is 0 Å². The smallest absolute Gasteiger partial charge is 0.321 e. The Labute approximate surface area is 137 Å². The first-order valence-corrected chi connectivity index (χ1v) is 9.69. The molecule has 0 spiro atoms. The molecular weight excluding hydrogens is 316 g/mol. The van der Waals surface area contributed by atoms with Crippen LogP contribution in [0.1, 0.15) is 25.7 Å². The number of sulfone groups is 1. The van der Waals surface area contributed by atoms with Crippen LogP contribution in [0, 0.1) is 0 Å². The lowest BCUT2D eigenvalue weighted by molar-refractivity contribution is 0.101. The Morgan fingerprint density at radius 3 is 2.61 bits per heavy atom. The van der Waals surface area contributed by atoms with Gasteiger partial charge in [-0.1, -0.05) is 0 Å². The highest BCUT2D eigenvalue weighted by atomic mass is 32.2. The van der Waals surface area contributed by atoms with Crippen LogP contribution >= 0.6 is 0 Å². The molecule has 128 valence electrons. The predicted octanol–water partition coefficient (Wildman–Crippen LogP) is 2.51. The number of rotatable bonds is 6. The van der Waals surface area contributed by atoms with Crippen LogP contribution in [-0.4, -0.2) is 51.9 Å². The minimum absolute atomic E-state index is 0.204. The van der Waals surface area contributed by atoms with E-state index in [9.17, 15) is 13.2 Å². The summed E-state index contributed by atoms with van der Waals surface area (Å²) in [6.07, 6.45) is 5.62. The fourth-order valence-electron chi connectivity index (χ4n) is 2.53. The minimum Gasteiger partial charge on any atom is -0.378 e. The van der Waals surface area contributed by atoms with Gasteiger partial charge in [0.1, 0.15) is 0 Å². The summed E-state index contributed by atoms with van der Waals surface area (Å²) < 4.78 is 28.4. The maximum absolute atomic E-state index is 12.1. The molecule has 6 nitrogen and oxygen atoms in total. The molecule has 0 aliphatic carbocycles. The van der Waals surface area contributed by atoms with Gasteiger partial charge in [-0.25, -0.2) is 13.2 Å². The van der Waals surface area contributed by atoms with Crippen LogP contribution in [0.15, 0.2) is 29.2 Å². The first-order valence-electron chi connectivity index (χ1n) is 7.80. The summed E-state index contributed by atoms with van der Waals surface area (Å²) in [5, 5.41) is 2.76. The van der Waals surface area contributed by atoms with Crippen molar-refractivity contribution in [2.24, 2.45) is 0 Å². The molecule has 0 saturated carbocycles. The number of carbonyl (C=O) groups excluding carboxylic acids is 1. The van der Waals surface area contributed by atoms with Crippen LogP contribution in [0.2, 0.25) is 0 Å². The molecule has 1 fully saturated rings. The lowest BCUT2D eigenvalue weighted by atomic mass is 10.1. The SMILES string of the molecule is CN(CCCC1CCCO1)C(=O)Nc1ccc(S(C)(=O)=O)cc1. The summed E-state index contributed by atoms with van der Waals surface area (Å²) >= 11 is 0. The van der Waals surface area contributed by atoms with Gasteiger partial charge in [0.15, 0.2) is 9.84 Å². The molecule has 1 aromatic rings. The molecule has 1 aliphatic heterocycles. The Morgan fingerprint density at radius 2 is 2.04 bits per heavy atom. The van der Waals surface area contributed by atoms with Gasteiger partial charge in [-0.2, -0.15) is 0 Å². The highest BCUT2D eigenvalue weighted by Crippen LogP contribution is 2.17. The zero-order chi connectivity index (χ0) is 16.9. The van der Waals surface area contributed by atoms with E-state index >= 15 is 0 Å². The molecule has 23 heavy (non-hydrogen) atoms. The first kappa shape index (κ1) is 17.7. The van der Waals surface area contributed by atoms with Crippen LogP contribution in [0.5, 0.6) is 0 Å². The third kappa shape index (κ3) is 5.51. The molecule has 0 bridgehead atoms. The summed E-state index contributed by atoms with van der Waals surface area (Å²) in [5.41, 5.74) is 0.577. The number of nitrogens with one attached hydrogen (secondary N) is 1. The van der Waals surface area contributed by atoms with E-state index in [0.717, 1.165) is 38.5 Å². The van der Waals surface area contributed by atoms with Gasteiger partial charge >= 0.3 is 6.03 Å². The quantitative estimate of drug-likeness (QED) is 0.863. The van der Waals surface area contributed by atoms with Crippen molar-refractivity contribution in [3.05, 3.63) is 24.3 Å². The first-order chi connectivity index (χ1) is 10.9. The van der Waals surface area contributed by atoms with Crippen molar-refractivity contribution < 1.29 is 17.9 Å². The number of amides is 2. The van der Waals surface area contributed by atoms with Gasteiger partial charge in [-0.05, 0) is 49.9 Å². The monoisotopic (exact) mass is 340 g/mol. The van der Waals surface area contributed by atoms with Crippen LogP contribution in [0.3, 0.4) is 0 Å². The molecule has 7 heteroatoms. The molecule has 1 saturated heterocycles. The van der Waals surface area contributed by atoms with Crippen molar-refractivity contribution in [3.63, 3.8) is 0 Å². The average molecular weight is 340 g/mol. The number of hydrogen-bond donors (Lipinski definition) is 1. The maximum atomic E-state index is 12.1. The average Bonchev–Trinajstić information content (AvgIpc) is 3.00. The Balaban J connectivity index is 1.78. The number of benzene rings is 1. The van der Waals surface area contributed by atoms with Gasteiger partial charge in [-0.3, -0.25) is 0 Å². The summed E-state index contributed by atoms with van der Waals surface area (Å²) in [7, 11) is -1.47. The molecule has 0 aromatic heterocycles. The molecule has 1 heterocycles. The van der Waals surface area contributed by atoms with Crippen LogP contribution in [0.4, 0.5) is 10.5 Å². The normalized spacial score (nSPS) is 17.9. The Hall–Kier alpha value is -1.60. The van der Waals surface area contributed by atoms with E-state index in [1.165, 1.54) is 12.1 Å². The highest BCUT2D eigenvalue weighted by molar-refractivity contribution is 7.90. The topological polar surface area (TPSA) is 75.7 Å². The Kier molecular flexibility index (Phi) is 6.01. The fourth-order valence-corrected chi connectivity index (χ4v) is 3.16. The molecule has 1 N–H and O–H groups in total. The number of ether oxygens (including phenoxy) is 1. The molecule has 1 unspecified atom stereocenters. The Bertz CT molecular complexity index is 622. The van der Waals surface area contributed by atoms with Gasteiger partial charge in [0, 0.05) is 32.1 Å². The standard InChI is InChI=1S/C16H24N2O4S/c1-18(11-3-5-14-6-4-12-22-14)16(19)17-13-7-9-15(10-8-13)23(2,20)21/h7-10,14H,3-6,11-12H2,1-2H3,(H,17,19). The minimum atomic E-state index is -3.22. The number of anilines is 1. The maximum Gasteiger partial charge on any atom is 0.321 e. The molecule has 0 radical (unpaired) electrons. The van der Waals surface area contributed by atoms with E-state index in [-0.39, 0.29) is 10.9 Å². The van der Waals surface area contributed by atoms with E-state index in [4.69, 9.17) is 4.74 Å². The van der Waals surface area contributed by atoms with Gasteiger partial charge in [0.2, 0.25) is 0 Å². The molecule has 1 aliphatic rings. The van der Waals surface area contributed by atoms with E-state index in [0.29, 0.717) is 18.3 Å². The Morgan fingerprint density at radius 1 is 1.35 bits per heavy atom. The molecule has 1 atom stereocenters. The van der Waals surface area contributed by atoms with Crippen LogP contribution < -0.4 is 5.32 Å². The summed E-state index contributed by atoms with van der Waals surface area (Å²) in [5.74, 6) is 0. The van der Waals surface area contributed by atoms with Crippen molar-refractivity contribution in [2.75, 3.05) is 31.8 Å². The zero-order valence-electron chi connectivity index (χ0n) is 13.6. The molecular formula is C16H24N2O4S. The third-order valence-corrected chi connectivity index (χ3v) is 5.05. The second-order valence-corrected chi connectivity index (χ2v) is 7.94. The summed E-state index contributed by atoms with van der Waals surface area (Å²) in [4.78, 5) is 13.9. The van der Waals surface area contributed by atoms with Gasteiger partial charge in [-0.15, -0.1) is 0 Å². The lowest BCUT2D eigenvalue weighted by Gasteiger charge is -2.19. The van der Waals surface area contributed by atoms with E-state index in [2.05, 4.69) is 5.32 Å². The van der Waals surface area contributed by atoms with Crippen molar-refractivity contribution in [1.82, 2.24) is 4.90 Å². The van der Waals surface area contributed by atoms with Crippen molar-refractivity contribution in [2.45, 2.75) is 36.7 Å². The van der Waals surface area contributed by atoms with Crippen molar-refractivity contribution in [1.29, 1.82) is 0 Å². The molecule has 2 amide bonds. The van der Waals surface area contributed by atoms with E-state index in [1.54, 1.807) is 24.1 Å². The number of hydrogen-bond acceptors (Lipinski definition) is 4. The zero-order valence-corrected chi connectivity index (χ0v) is 14.4. The highest BCUT2D eigenvalue weighted by Gasteiger charge is 2.16. The van der Waals surface area contributed by atoms with Crippen LogP contribution in [0.25, 0.3) is 0 Å². The van der Waals surface area contributed by atoms with Crippen LogP contribution in [-0.2, 0) is 14.6 Å². The van der Waals surface area contributed by atoms with Crippen molar-refractivity contribution in [3.8, 4) is 0 Å². The molecule has 2 rings (SSSR count). The molecule has 1 aromatic carbocycles. The third-order valence-electron chi connectivity index (χ3n) is 3.92. The van der Waals surface area contributed by atoms with E-state index in [1.807, 2.05) is 0 Å². The second kappa shape index (κ2) is 7.79. The fraction of sp³-hybridized carbons (Fsp3) is 0.562.